The van der Waals surface area contributed by atoms with Gasteiger partial charge in [-0.1, -0.05) is 44.2 Å². The van der Waals surface area contributed by atoms with Crippen LogP contribution in [0.5, 0.6) is 11.5 Å². The summed E-state index contributed by atoms with van der Waals surface area (Å²) < 4.78 is 0. The van der Waals surface area contributed by atoms with Gasteiger partial charge in [0.15, 0.2) is 0 Å². The Hall–Kier alpha value is -2.38. The summed E-state index contributed by atoms with van der Waals surface area (Å²) in [7, 11) is 0. The Labute approximate surface area is 171 Å². The highest BCUT2D eigenvalue weighted by atomic mass is 16.4. The summed E-state index contributed by atoms with van der Waals surface area (Å²) in [6.45, 7) is 3.05. The molecule has 2 aromatic carbocycles. The molecule has 5 atom stereocenters. The van der Waals surface area contributed by atoms with Gasteiger partial charge in [0.2, 0.25) is 0 Å². The molecular weight excluding hydrogens is 372 g/mol. The molecule has 0 heterocycles. The van der Waals surface area contributed by atoms with Crippen LogP contribution < -0.4 is 0 Å². The Balaban J connectivity index is 2.09. The van der Waals surface area contributed by atoms with Gasteiger partial charge in [-0.15, -0.1) is 0 Å². The smallest absolute Gasteiger partial charge is 0.116 e. The number of phenolic OH excluding ortho intramolecular Hbond substituents is 2. The van der Waals surface area contributed by atoms with E-state index in [2.05, 4.69) is 0 Å². The Morgan fingerprint density at radius 1 is 0.724 bits per heavy atom. The van der Waals surface area contributed by atoms with Crippen molar-refractivity contribution in [1.82, 2.24) is 0 Å². The van der Waals surface area contributed by atoms with Crippen LogP contribution in [0.2, 0.25) is 0 Å². The number of aliphatic hydroxyl groups excluding tert-OH is 4. The molecule has 0 spiro atoms. The van der Waals surface area contributed by atoms with E-state index in [0.29, 0.717) is 6.42 Å². The quantitative estimate of drug-likeness (QED) is 0.358. The van der Waals surface area contributed by atoms with Gasteiger partial charge in [-0.25, -0.2) is 0 Å². The largest absolute Gasteiger partial charge is 0.508 e. The molecule has 6 heteroatoms. The molecule has 0 saturated heterocycles. The van der Waals surface area contributed by atoms with Gasteiger partial charge in [0.1, 0.15) is 17.6 Å². The lowest BCUT2D eigenvalue weighted by molar-refractivity contribution is -0.100. The van der Waals surface area contributed by atoms with Crippen molar-refractivity contribution in [1.29, 1.82) is 0 Å². The third-order valence-electron chi connectivity index (χ3n) is 5.07. The molecule has 2 aromatic rings. The lowest BCUT2D eigenvalue weighted by atomic mass is 9.87. The van der Waals surface area contributed by atoms with E-state index in [1.807, 2.05) is 18.2 Å². The lowest BCUT2D eigenvalue weighted by Gasteiger charge is -2.30. The SMILES string of the molecule is CC(CO)C(O)C(O)C(O)[C@@H](C)Cc1cc(O)cc(/C=C/c2ccc(O)cc2)c1. The lowest BCUT2D eigenvalue weighted by Crippen LogP contribution is -2.45. The van der Waals surface area contributed by atoms with Crippen molar-refractivity contribution < 1.29 is 30.6 Å². The highest BCUT2D eigenvalue weighted by molar-refractivity contribution is 5.70. The summed E-state index contributed by atoms with van der Waals surface area (Å²) in [5.74, 6) is -0.662. The van der Waals surface area contributed by atoms with Crippen molar-refractivity contribution in [2.75, 3.05) is 6.61 Å². The third kappa shape index (κ3) is 6.58. The summed E-state index contributed by atoms with van der Waals surface area (Å²) in [4.78, 5) is 0. The minimum absolute atomic E-state index is 0.0871. The van der Waals surface area contributed by atoms with Crippen molar-refractivity contribution in [2.45, 2.75) is 38.6 Å². The normalized spacial score (nSPS) is 17.0. The summed E-state index contributed by atoms with van der Waals surface area (Å²) in [5, 5.41) is 59.1. The van der Waals surface area contributed by atoms with Gasteiger partial charge in [0.05, 0.1) is 12.2 Å². The van der Waals surface area contributed by atoms with Crippen molar-refractivity contribution in [3.8, 4) is 11.5 Å². The highest BCUT2D eigenvalue weighted by Gasteiger charge is 2.31. The van der Waals surface area contributed by atoms with E-state index in [1.165, 1.54) is 0 Å². The molecule has 0 aliphatic heterocycles. The van der Waals surface area contributed by atoms with Crippen LogP contribution in [0, 0.1) is 11.8 Å². The van der Waals surface area contributed by atoms with Crippen LogP contribution in [0.3, 0.4) is 0 Å². The molecule has 0 bridgehead atoms. The Kier molecular flexibility index (Phi) is 8.22. The predicted octanol–water partition coefficient (Wildman–Crippen LogP) is 2.16. The number of aliphatic hydroxyl groups is 4. The van der Waals surface area contributed by atoms with Crippen molar-refractivity contribution in [3.63, 3.8) is 0 Å². The van der Waals surface area contributed by atoms with Gasteiger partial charge < -0.3 is 30.6 Å². The molecular formula is C23H30O6. The maximum Gasteiger partial charge on any atom is 0.116 e. The zero-order chi connectivity index (χ0) is 21.6. The zero-order valence-corrected chi connectivity index (χ0v) is 16.7. The zero-order valence-electron chi connectivity index (χ0n) is 16.7. The van der Waals surface area contributed by atoms with E-state index in [0.717, 1.165) is 16.7 Å². The first-order chi connectivity index (χ1) is 13.7. The van der Waals surface area contributed by atoms with Crippen LogP contribution >= 0.6 is 0 Å². The summed E-state index contributed by atoms with van der Waals surface area (Å²) in [5.41, 5.74) is 2.44. The molecule has 0 fully saturated rings. The fourth-order valence-corrected chi connectivity index (χ4v) is 3.17. The molecule has 158 valence electrons. The van der Waals surface area contributed by atoms with E-state index in [-0.39, 0.29) is 24.0 Å². The summed E-state index contributed by atoms with van der Waals surface area (Å²) >= 11 is 0. The standard InChI is InChI=1S/C23H30O6/c1-14(21(27)23(29)22(28)15(2)13-24)9-18-10-17(11-20(26)12-18)4-3-16-5-7-19(25)8-6-16/h3-8,10-12,14-15,21-29H,9,13H2,1-2H3/b4-3+/t14-,15?,21?,22?,23?/m0/s1. The molecule has 4 unspecified atom stereocenters. The molecule has 0 amide bonds. The summed E-state index contributed by atoms with van der Waals surface area (Å²) in [6.07, 6.45) is 0.277. The minimum Gasteiger partial charge on any atom is -0.508 e. The number of hydrogen-bond acceptors (Lipinski definition) is 6. The molecule has 0 aliphatic carbocycles. The third-order valence-corrected chi connectivity index (χ3v) is 5.07. The Morgan fingerprint density at radius 3 is 1.93 bits per heavy atom. The van der Waals surface area contributed by atoms with Crippen LogP contribution in [-0.4, -0.2) is 55.6 Å². The first-order valence-electron chi connectivity index (χ1n) is 9.66. The second-order valence-electron chi connectivity index (χ2n) is 7.67. The maximum absolute atomic E-state index is 10.4. The fourth-order valence-electron chi connectivity index (χ4n) is 3.17. The van der Waals surface area contributed by atoms with Gasteiger partial charge in [-0.2, -0.15) is 0 Å². The topological polar surface area (TPSA) is 121 Å². The summed E-state index contributed by atoms with van der Waals surface area (Å²) in [6, 6.07) is 11.8. The molecule has 6 nitrogen and oxygen atoms in total. The van der Waals surface area contributed by atoms with E-state index in [9.17, 15) is 25.5 Å². The first kappa shape index (κ1) is 22.9. The minimum atomic E-state index is -1.38. The van der Waals surface area contributed by atoms with Crippen LogP contribution in [0.25, 0.3) is 12.2 Å². The van der Waals surface area contributed by atoms with E-state index >= 15 is 0 Å². The van der Waals surface area contributed by atoms with Crippen molar-refractivity contribution >= 4 is 12.2 Å². The molecule has 0 saturated carbocycles. The van der Waals surface area contributed by atoms with Crippen molar-refractivity contribution in [3.05, 3.63) is 59.2 Å². The number of hydrogen-bond donors (Lipinski definition) is 6. The van der Waals surface area contributed by atoms with Gasteiger partial charge >= 0.3 is 0 Å². The van der Waals surface area contributed by atoms with Gasteiger partial charge in [0.25, 0.3) is 0 Å². The van der Waals surface area contributed by atoms with Gasteiger partial charge in [-0.05, 0) is 53.3 Å². The van der Waals surface area contributed by atoms with Crippen LogP contribution in [0.4, 0.5) is 0 Å². The molecule has 0 aliphatic rings. The monoisotopic (exact) mass is 402 g/mol. The van der Waals surface area contributed by atoms with E-state index < -0.39 is 24.2 Å². The fraction of sp³-hybridized carbons (Fsp3) is 0.391. The number of aromatic hydroxyl groups is 2. The van der Waals surface area contributed by atoms with E-state index in [1.54, 1.807) is 50.2 Å². The number of phenols is 2. The van der Waals surface area contributed by atoms with Crippen LogP contribution in [0.15, 0.2) is 42.5 Å². The average molecular weight is 402 g/mol. The van der Waals surface area contributed by atoms with Gasteiger partial charge in [-0.3, -0.25) is 0 Å². The number of rotatable bonds is 9. The molecule has 6 N–H and O–H groups in total. The van der Waals surface area contributed by atoms with Crippen LogP contribution in [-0.2, 0) is 6.42 Å². The number of benzene rings is 2. The second-order valence-corrected chi connectivity index (χ2v) is 7.67. The average Bonchev–Trinajstić information content (AvgIpc) is 2.70. The van der Waals surface area contributed by atoms with Gasteiger partial charge in [0, 0.05) is 12.5 Å². The Bertz CT molecular complexity index is 802. The second kappa shape index (κ2) is 10.4. The molecule has 29 heavy (non-hydrogen) atoms. The maximum atomic E-state index is 10.4. The molecule has 0 radical (unpaired) electrons. The first-order valence-corrected chi connectivity index (χ1v) is 9.66. The van der Waals surface area contributed by atoms with Crippen LogP contribution in [0.1, 0.15) is 30.5 Å². The Morgan fingerprint density at radius 2 is 1.31 bits per heavy atom. The predicted molar refractivity (Wildman–Crippen MR) is 112 cm³/mol. The highest BCUT2D eigenvalue weighted by Crippen LogP contribution is 2.24. The van der Waals surface area contributed by atoms with E-state index in [4.69, 9.17) is 5.11 Å². The molecule has 2 rings (SSSR count). The molecule has 0 aromatic heterocycles. The van der Waals surface area contributed by atoms with Crippen molar-refractivity contribution in [2.24, 2.45) is 11.8 Å².